The zero-order valence-electron chi connectivity index (χ0n) is 12.1. The SMILES string of the molecule is CCCC(CC(=O)O)Nc1cc(C)nc(C(C)C)n1. The van der Waals surface area contributed by atoms with Crippen LogP contribution < -0.4 is 5.32 Å². The van der Waals surface area contributed by atoms with Gasteiger partial charge in [-0.15, -0.1) is 0 Å². The molecule has 0 aliphatic heterocycles. The molecule has 106 valence electrons. The Labute approximate surface area is 114 Å². The average molecular weight is 265 g/mol. The van der Waals surface area contributed by atoms with Crippen molar-refractivity contribution < 1.29 is 9.90 Å². The fraction of sp³-hybridized carbons (Fsp3) is 0.643. The molecular formula is C14H23N3O2. The first-order valence-corrected chi connectivity index (χ1v) is 6.76. The van der Waals surface area contributed by atoms with Crippen LogP contribution in [0.4, 0.5) is 5.82 Å². The molecule has 1 unspecified atom stereocenters. The Morgan fingerprint density at radius 2 is 2.11 bits per heavy atom. The highest BCUT2D eigenvalue weighted by Gasteiger charge is 2.14. The molecule has 0 fully saturated rings. The second-order valence-corrected chi connectivity index (χ2v) is 5.14. The first-order valence-electron chi connectivity index (χ1n) is 6.76. The van der Waals surface area contributed by atoms with Crippen molar-refractivity contribution in [3.8, 4) is 0 Å². The van der Waals surface area contributed by atoms with Gasteiger partial charge < -0.3 is 10.4 Å². The van der Waals surface area contributed by atoms with Gasteiger partial charge in [-0.2, -0.15) is 0 Å². The molecule has 5 heteroatoms. The van der Waals surface area contributed by atoms with Crippen LogP contribution in [0.25, 0.3) is 0 Å². The summed E-state index contributed by atoms with van der Waals surface area (Å²) >= 11 is 0. The smallest absolute Gasteiger partial charge is 0.305 e. The van der Waals surface area contributed by atoms with Gasteiger partial charge in [-0.05, 0) is 13.3 Å². The summed E-state index contributed by atoms with van der Waals surface area (Å²) in [5.74, 6) is 0.967. The van der Waals surface area contributed by atoms with E-state index in [0.717, 1.165) is 30.2 Å². The fourth-order valence-corrected chi connectivity index (χ4v) is 1.92. The Hall–Kier alpha value is -1.65. The lowest BCUT2D eigenvalue weighted by molar-refractivity contribution is -0.137. The lowest BCUT2D eigenvalue weighted by atomic mass is 10.1. The Bertz CT molecular complexity index is 433. The van der Waals surface area contributed by atoms with E-state index in [4.69, 9.17) is 5.11 Å². The molecule has 0 aliphatic carbocycles. The minimum Gasteiger partial charge on any atom is -0.481 e. The maximum atomic E-state index is 10.8. The van der Waals surface area contributed by atoms with E-state index in [-0.39, 0.29) is 18.4 Å². The summed E-state index contributed by atoms with van der Waals surface area (Å²) in [5.41, 5.74) is 0.895. The molecule has 0 aromatic carbocycles. The highest BCUT2D eigenvalue weighted by atomic mass is 16.4. The van der Waals surface area contributed by atoms with Gasteiger partial charge in [0.15, 0.2) is 0 Å². The Morgan fingerprint density at radius 3 is 2.63 bits per heavy atom. The highest BCUT2D eigenvalue weighted by Crippen LogP contribution is 2.16. The summed E-state index contributed by atoms with van der Waals surface area (Å²) in [6.07, 6.45) is 1.85. The third kappa shape index (κ3) is 5.24. The van der Waals surface area contributed by atoms with E-state index < -0.39 is 5.97 Å². The number of nitrogens with one attached hydrogen (secondary N) is 1. The second-order valence-electron chi connectivity index (χ2n) is 5.14. The zero-order chi connectivity index (χ0) is 14.4. The molecule has 2 N–H and O–H groups in total. The van der Waals surface area contributed by atoms with E-state index in [9.17, 15) is 4.79 Å². The maximum Gasteiger partial charge on any atom is 0.305 e. The molecule has 19 heavy (non-hydrogen) atoms. The van der Waals surface area contributed by atoms with Crippen molar-refractivity contribution in [2.75, 3.05) is 5.32 Å². The zero-order valence-corrected chi connectivity index (χ0v) is 12.1. The molecule has 0 spiro atoms. The van der Waals surface area contributed by atoms with Crippen molar-refractivity contribution in [1.29, 1.82) is 0 Å². The summed E-state index contributed by atoms with van der Waals surface area (Å²) in [6, 6.07) is 1.77. The molecule has 0 bridgehead atoms. The molecule has 5 nitrogen and oxygen atoms in total. The number of nitrogens with zero attached hydrogens (tertiary/aromatic N) is 2. The molecule has 0 radical (unpaired) electrons. The van der Waals surface area contributed by atoms with Crippen molar-refractivity contribution in [2.45, 2.75) is 58.9 Å². The van der Waals surface area contributed by atoms with E-state index in [1.54, 1.807) is 0 Å². The van der Waals surface area contributed by atoms with Gasteiger partial charge in [0.2, 0.25) is 0 Å². The summed E-state index contributed by atoms with van der Waals surface area (Å²) < 4.78 is 0. The molecule has 1 heterocycles. The predicted molar refractivity (Wildman–Crippen MR) is 75.4 cm³/mol. The van der Waals surface area contributed by atoms with E-state index >= 15 is 0 Å². The number of hydrogen-bond acceptors (Lipinski definition) is 4. The monoisotopic (exact) mass is 265 g/mol. The van der Waals surface area contributed by atoms with Crippen LogP contribution in [0.5, 0.6) is 0 Å². The van der Waals surface area contributed by atoms with Gasteiger partial charge in [0.1, 0.15) is 11.6 Å². The van der Waals surface area contributed by atoms with Gasteiger partial charge in [-0.1, -0.05) is 27.2 Å². The molecule has 0 amide bonds. The Morgan fingerprint density at radius 1 is 1.42 bits per heavy atom. The maximum absolute atomic E-state index is 10.8. The standard InChI is InChI=1S/C14H23N3O2/c1-5-6-11(8-13(18)19)16-12-7-10(4)15-14(17-12)9(2)3/h7,9,11H,5-6,8H2,1-4H3,(H,18,19)(H,15,16,17). The number of carboxylic acids is 1. The van der Waals surface area contributed by atoms with Crippen LogP contribution in [0.1, 0.15) is 57.5 Å². The van der Waals surface area contributed by atoms with Crippen LogP contribution in [-0.2, 0) is 4.79 Å². The quantitative estimate of drug-likeness (QED) is 0.792. The number of anilines is 1. The summed E-state index contributed by atoms with van der Waals surface area (Å²) in [4.78, 5) is 19.7. The minimum atomic E-state index is -0.791. The van der Waals surface area contributed by atoms with Crippen molar-refractivity contribution >= 4 is 11.8 Å². The molecule has 1 atom stereocenters. The summed E-state index contributed by atoms with van der Waals surface area (Å²) in [7, 11) is 0. The predicted octanol–water partition coefficient (Wildman–Crippen LogP) is 2.96. The second kappa shape index (κ2) is 7.07. The largest absolute Gasteiger partial charge is 0.481 e. The minimum absolute atomic E-state index is 0.0863. The van der Waals surface area contributed by atoms with Crippen LogP contribution in [0.15, 0.2) is 6.07 Å². The van der Waals surface area contributed by atoms with Gasteiger partial charge in [0.25, 0.3) is 0 Å². The normalized spacial score (nSPS) is 12.5. The molecule has 0 saturated carbocycles. The van der Waals surface area contributed by atoms with E-state index in [2.05, 4.69) is 15.3 Å². The van der Waals surface area contributed by atoms with Gasteiger partial charge in [0.05, 0.1) is 6.42 Å². The number of aliphatic carboxylic acids is 1. The summed E-state index contributed by atoms with van der Waals surface area (Å²) in [5, 5.41) is 12.1. The molecule has 1 aromatic rings. The molecule has 1 aromatic heterocycles. The lowest BCUT2D eigenvalue weighted by Gasteiger charge is -2.18. The van der Waals surface area contributed by atoms with Crippen LogP contribution in [0, 0.1) is 6.92 Å². The topological polar surface area (TPSA) is 75.1 Å². The third-order valence-corrected chi connectivity index (χ3v) is 2.80. The molecule has 0 saturated heterocycles. The third-order valence-electron chi connectivity index (χ3n) is 2.80. The summed E-state index contributed by atoms with van der Waals surface area (Å²) in [6.45, 7) is 8.05. The van der Waals surface area contributed by atoms with E-state index in [1.807, 2.05) is 33.8 Å². The number of carbonyl (C=O) groups is 1. The highest BCUT2D eigenvalue weighted by molar-refractivity contribution is 5.68. The van der Waals surface area contributed by atoms with Crippen LogP contribution >= 0.6 is 0 Å². The van der Waals surface area contributed by atoms with Crippen LogP contribution in [0.2, 0.25) is 0 Å². The first-order chi connectivity index (χ1) is 8.92. The van der Waals surface area contributed by atoms with Crippen molar-refractivity contribution in [2.24, 2.45) is 0 Å². The lowest BCUT2D eigenvalue weighted by Crippen LogP contribution is -2.24. The van der Waals surface area contributed by atoms with Gasteiger partial charge in [0, 0.05) is 23.7 Å². The van der Waals surface area contributed by atoms with E-state index in [1.165, 1.54) is 0 Å². The van der Waals surface area contributed by atoms with Crippen LogP contribution in [-0.4, -0.2) is 27.1 Å². The van der Waals surface area contributed by atoms with Crippen molar-refractivity contribution in [3.05, 3.63) is 17.6 Å². The average Bonchev–Trinajstić information content (AvgIpc) is 2.27. The van der Waals surface area contributed by atoms with Gasteiger partial charge in [-0.3, -0.25) is 4.79 Å². The number of hydrogen-bond donors (Lipinski definition) is 2. The van der Waals surface area contributed by atoms with Crippen molar-refractivity contribution in [3.63, 3.8) is 0 Å². The number of aryl methyl sites for hydroxylation is 1. The van der Waals surface area contributed by atoms with Crippen molar-refractivity contribution in [1.82, 2.24) is 9.97 Å². The molecular weight excluding hydrogens is 242 g/mol. The Balaban J connectivity index is 2.85. The Kier molecular flexibility index (Phi) is 5.73. The number of aromatic nitrogens is 2. The van der Waals surface area contributed by atoms with Crippen LogP contribution in [0.3, 0.4) is 0 Å². The van der Waals surface area contributed by atoms with Gasteiger partial charge >= 0.3 is 5.97 Å². The fourth-order valence-electron chi connectivity index (χ4n) is 1.92. The molecule has 1 rings (SSSR count). The first kappa shape index (κ1) is 15.4. The van der Waals surface area contributed by atoms with E-state index in [0.29, 0.717) is 0 Å². The van der Waals surface area contributed by atoms with Gasteiger partial charge in [-0.25, -0.2) is 9.97 Å². The molecule has 0 aliphatic rings. The number of carboxylic acid groups (broad SMARTS) is 1. The number of rotatable bonds is 7.